The summed E-state index contributed by atoms with van der Waals surface area (Å²) >= 11 is 11.0. The zero-order valence-corrected chi connectivity index (χ0v) is 10.5. The number of rotatable bonds is 3. The fourth-order valence-corrected chi connectivity index (χ4v) is 2.36. The lowest BCUT2D eigenvalue weighted by Crippen LogP contribution is -2.55. The van der Waals surface area contributed by atoms with Crippen molar-refractivity contribution >= 4 is 35.0 Å². The topological polar surface area (TPSA) is 63.4 Å². The van der Waals surface area contributed by atoms with Crippen molar-refractivity contribution in [3.8, 4) is 0 Å². The van der Waals surface area contributed by atoms with E-state index in [2.05, 4.69) is 0 Å². The third-order valence-corrected chi connectivity index (χ3v) is 3.34. The second kappa shape index (κ2) is 6.42. The molecule has 0 aromatic heterocycles. The quantitative estimate of drug-likeness (QED) is 0.778. The largest absolute Gasteiger partial charge is 0.326 e. The van der Waals surface area contributed by atoms with Crippen LogP contribution in [-0.2, 0) is 9.59 Å². The highest BCUT2D eigenvalue weighted by molar-refractivity contribution is 6.31. The van der Waals surface area contributed by atoms with E-state index in [1.54, 1.807) is 0 Å². The molecule has 4 nitrogen and oxygen atoms in total. The summed E-state index contributed by atoms with van der Waals surface area (Å²) in [7, 11) is 0. The monoisotopic (exact) mass is 266 g/mol. The minimum Gasteiger partial charge on any atom is -0.326 e. The van der Waals surface area contributed by atoms with Crippen molar-refractivity contribution in [2.75, 3.05) is 11.8 Å². The van der Waals surface area contributed by atoms with Gasteiger partial charge in [-0.15, -0.1) is 23.2 Å². The zero-order valence-electron chi connectivity index (χ0n) is 8.99. The van der Waals surface area contributed by atoms with Crippen LogP contribution in [0.1, 0.15) is 25.7 Å². The van der Waals surface area contributed by atoms with Gasteiger partial charge in [0.1, 0.15) is 11.8 Å². The molecule has 0 bridgehead atoms. The number of carbonyl (C=O) groups is 2. The van der Waals surface area contributed by atoms with E-state index >= 15 is 0 Å². The lowest BCUT2D eigenvalue weighted by molar-refractivity contribution is -0.145. The molecule has 0 aliphatic heterocycles. The lowest BCUT2D eigenvalue weighted by atomic mass is 9.89. The summed E-state index contributed by atoms with van der Waals surface area (Å²) in [5.41, 5.74) is 5.93. The third-order valence-electron chi connectivity index (χ3n) is 2.88. The SMILES string of the molecule is NC1CCCCC1N(C(=O)CCl)C(=O)CCl. The Bertz CT molecular complexity index is 258. The van der Waals surface area contributed by atoms with Gasteiger partial charge in [0.25, 0.3) is 0 Å². The Morgan fingerprint density at radius 2 is 1.62 bits per heavy atom. The molecule has 0 saturated heterocycles. The number of nitrogens with two attached hydrogens (primary N) is 1. The van der Waals surface area contributed by atoms with E-state index in [4.69, 9.17) is 28.9 Å². The Kier molecular flexibility index (Phi) is 5.52. The number of hydrogen-bond acceptors (Lipinski definition) is 3. The van der Waals surface area contributed by atoms with E-state index in [9.17, 15) is 9.59 Å². The van der Waals surface area contributed by atoms with Crippen LogP contribution in [0, 0.1) is 0 Å². The molecule has 0 heterocycles. The molecule has 0 aromatic carbocycles. The van der Waals surface area contributed by atoms with Gasteiger partial charge in [-0.25, -0.2) is 0 Å². The van der Waals surface area contributed by atoms with Gasteiger partial charge in [0.05, 0.1) is 6.04 Å². The van der Waals surface area contributed by atoms with Gasteiger partial charge < -0.3 is 5.73 Å². The first-order valence-corrected chi connectivity index (χ1v) is 6.41. The predicted molar refractivity (Wildman–Crippen MR) is 63.5 cm³/mol. The van der Waals surface area contributed by atoms with E-state index in [0.29, 0.717) is 0 Å². The maximum atomic E-state index is 11.6. The maximum absolute atomic E-state index is 11.6. The Balaban J connectivity index is 2.81. The summed E-state index contributed by atoms with van der Waals surface area (Å²) in [6.07, 6.45) is 3.58. The second-order valence-corrected chi connectivity index (χ2v) is 4.47. The molecule has 1 rings (SSSR count). The summed E-state index contributed by atoms with van der Waals surface area (Å²) in [5.74, 6) is -1.25. The number of imide groups is 1. The summed E-state index contributed by atoms with van der Waals surface area (Å²) < 4.78 is 0. The van der Waals surface area contributed by atoms with Crippen LogP contribution >= 0.6 is 23.2 Å². The molecule has 1 saturated carbocycles. The standard InChI is InChI=1S/C10H16Cl2N2O2/c11-5-9(15)14(10(16)6-12)8-4-2-1-3-7(8)13/h7-8H,1-6,13H2. The number of carbonyl (C=O) groups excluding carboxylic acids is 2. The van der Waals surface area contributed by atoms with Crippen LogP contribution < -0.4 is 5.73 Å². The fourth-order valence-electron chi connectivity index (χ4n) is 2.10. The smallest absolute Gasteiger partial charge is 0.244 e. The van der Waals surface area contributed by atoms with Gasteiger partial charge >= 0.3 is 0 Å². The molecule has 6 heteroatoms. The first-order valence-electron chi connectivity index (χ1n) is 5.34. The molecular formula is C10H16Cl2N2O2. The summed E-state index contributed by atoms with van der Waals surface area (Å²) in [6, 6.07) is -0.403. The molecule has 2 atom stereocenters. The van der Waals surface area contributed by atoms with Crippen molar-refractivity contribution in [3.63, 3.8) is 0 Å². The van der Waals surface area contributed by atoms with Gasteiger partial charge in [-0.05, 0) is 12.8 Å². The maximum Gasteiger partial charge on any atom is 0.244 e. The average molecular weight is 267 g/mol. The van der Waals surface area contributed by atoms with Crippen molar-refractivity contribution in [2.45, 2.75) is 37.8 Å². The highest BCUT2D eigenvalue weighted by atomic mass is 35.5. The van der Waals surface area contributed by atoms with Crippen LogP contribution in [0.25, 0.3) is 0 Å². The number of nitrogens with zero attached hydrogens (tertiary/aromatic N) is 1. The minimum atomic E-state index is -0.408. The Morgan fingerprint density at radius 3 is 2.06 bits per heavy atom. The van der Waals surface area contributed by atoms with Crippen LogP contribution in [0.2, 0.25) is 0 Å². The van der Waals surface area contributed by atoms with E-state index in [0.717, 1.165) is 30.6 Å². The van der Waals surface area contributed by atoms with Gasteiger partial charge in [0, 0.05) is 6.04 Å². The molecule has 2 amide bonds. The molecular weight excluding hydrogens is 251 g/mol. The van der Waals surface area contributed by atoms with E-state index in [1.165, 1.54) is 0 Å². The van der Waals surface area contributed by atoms with E-state index < -0.39 is 11.8 Å². The lowest BCUT2D eigenvalue weighted by Gasteiger charge is -2.36. The van der Waals surface area contributed by atoms with Gasteiger partial charge in [-0.1, -0.05) is 12.8 Å². The van der Waals surface area contributed by atoms with Crippen LogP contribution in [0.3, 0.4) is 0 Å². The minimum absolute atomic E-state index is 0.159. The van der Waals surface area contributed by atoms with E-state index in [-0.39, 0.29) is 23.8 Å². The van der Waals surface area contributed by atoms with Gasteiger partial charge in [0.2, 0.25) is 11.8 Å². The molecule has 1 aliphatic rings. The Labute approximate surface area is 105 Å². The average Bonchev–Trinajstić information content (AvgIpc) is 2.31. The van der Waals surface area contributed by atoms with E-state index in [1.807, 2.05) is 0 Å². The molecule has 0 spiro atoms. The highest BCUT2D eigenvalue weighted by Gasteiger charge is 2.34. The van der Waals surface area contributed by atoms with Crippen molar-refractivity contribution in [2.24, 2.45) is 5.73 Å². The van der Waals surface area contributed by atoms with Gasteiger partial charge in [0.15, 0.2) is 0 Å². The fraction of sp³-hybridized carbons (Fsp3) is 0.800. The molecule has 0 aromatic rings. The first-order chi connectivity index (χ1) is 7.61. The summed E-state index contributed by atoms with van der Waals surface area (Å²) in [5, 5.41) is 0. The number of amides is 2. The molecule has 1 fully saturated rings. The number of halogens is 2. The number of alkyl halides is 2. The molecule has 92 valence electrons. The van der Waals surface area contributed by atoms with Crippen molar-refractivity contribution in [1.82, 2.24) is 4.90 Å². The summed E-state index contributed by atoms with van der Waals surface area (Å²) in [6.45, 7) is 0. The highest BCUT2D eigenvalue weighted by Crippen LogP contribution is 2.22. The van der Waals surface area contributed by atoms with Crippen LogP contribution in [0.4, 0.5) is 0 Å². The Hall–Kier alpha value is -0.320. The second-order valence-electron chi connectivity index (χ2n) is 3.94. The Morgan fingerprint density at radius 1 is 1.12 bits per heavy atom. The molecule has 2 N–H and O–H groups in total. The first kappa shape index (κ1) is 13.7. The van der Waals surface area contributed by atoms with Crippen molar-refractivity contribution < 1.29 is 9.59 Å². The molecule has 2 unspecified atom stereocenters. The molecule has 1 aliphatic carbocycles. The van der Waals surface area contributed by atoms with Gasteiger partial charge in [-0.3, -0.25) is 14.5 Å². The van der Waals surface area contributed by atoms with Crippen molar-refractivity contribution in [1.29, 1.82) is 0 Å². The van der Waals surface area contributed by atoms with Crippen LogP contribution in [0.5, 0.6) is 0 Å². The summed E-state index contributed by atoms with van der Waals surface area (Å²) in [4.78, 5) is 24.4. The van der Waals surface area contributed by atoms with Crippen LogP contribution in [0.15, 0.2) is 0 Å². The third kappa shape index (κ3) is 3.09. The molecule has 16 heavy (non-hydrogen) atoms. The van der Waals surface area contributed by atoms with Crippen molar-refractivity contribution in [3.05, 3.63) is 0 Å². The number of hydrogen-bond donors (Lipinski definition) is 1. The predicted octanol–water partition coefficient (Wildman–Crippen LogP) is 1.09. The zero-order chi connectivity index (χ0) is 12.1. The molecule has 0 radical (unpaired) electrons. The normalized spacial score (nSPS) is 25.2. The van der Waals surface area contributed by atoms with Crippen LogP contribution in [-0.4, -0.2) is 40.6 Å². The van der Waals surface area contributed by atoms with Gasteiger partial charge in [-0.2, -0.15) is 0 Å².